The molecule has 1 heterocycles. The van der Waals surface area contributed by atoms with Crippen LogP contribution in [0.25, 0.3) is 10.9 Å². The molecule has 0 aliphatic carbocycles. The first-order chi connectivity index (χ1) is 7.13. The van der Waals surface area contributed by atoms with Gasteiger partial charge in [0.1, 0.15) is 0 Å². The van der Waals surface area contributed by atoms with Crippen LogP contribution in [0, 0.1) is 11.3 Å². The maximum absolute atomic E-state index is 10.7. The van der Waals surface area contributed by atoms with E-state index in [-0.39, 0.29) is 5.69 Å². The minimum absolute atomic E-state index is 0.222. The van der Waals surface area contributed by atoms with Gasteiger partial charge in [0, 0.05) is 5.39 Å². The van der Waals surface area contributed by atoms with Crippen molar-refractivity contribution in [2.24, 2.45) is 0 Å². The van der Waals surface area contributed by atoms with Gasteiger partial charge in [-0.2, -0.15) is 9.99 Å². The van der Waals surface area contributed by atoms with Gasteiger partial charge in [-0.1, -0.05) is 0 Å². The van der Waals surface area contributed by atoms with Crippen LogP contribution in [0.3, 0.4) is 0 Å². The summed E-state index contributed by atoms with van der Waals surface area (Å²) in [5, 5.41) is 27.4. The van der Waals surface area contributed by atoms with E-state index in [1.54, 1.807) is 0 Å². The Morgan fingerprint density at radius 2 is 2.13 bits per heavy atom. The average Bonchev–Trinajstić information content (AvgIpc) is 2.55. The summed E-state index contributed by atoms with van der Waals surface area (Å²) in [4.78, 5) is 10.7. The molecular weight excluding hydrogens is 196 g/mol. The number of benzene rings is 1. The van der Waals surface area contributed by atoms with Crippen molar-refractivity contribution in [1.29, 1.82) is 5.26 Å². The van der Waals surface area contributed by atoms with Gasteiger partial charge >= 0.3 is 5.97 Å². The van der Waals surface area contributed by atoms with Crippen LogP contribution in [0.4, 0.5) is 0 Å². The number of aromatic nitrogens is 1. The molecule has 1 aromatic carbocycles. The van der Waals surface area contributed by atoms with Crippen LogP contribution in [0.1, 0.15) is 16.1 Å². The van der Waals surface area contributed by atoms with Crippen molar-refractivity contribution in [3.05, 3.63) is 35.5 Å². The number of rotatable bonds is 1. The zero-order chi connectivity index (χ0) is 11.0. The molecule has 0 saturated heterocycles. The quantitative estimate of drug-likeness (QED) is 0.685. The zero-order valence-corrected chi connectivity index (χ0v) is 7.51. The second kappa shape index (κ2) is 3.03. The SMILES string of the molecule is N#Cc1ccc2c(c1)cc(C(=O)O)n2O. The number of nitriles is 1. The third-order valence-corrected chi connectivity index (χ3v) is 2.12. The lowest BCUT2D eigenvalue weighted by Gasteiger charge is -1.96. The Morgan fingerprint density at radius 3 is 2.73 bits per heavy atom. The molecule has 2 aromatic rings. The van der Waals surface area contributed by atoms with Crippen LogP contribution in [0.15, 0.2) is 24.3 Å². The number of hydrogen-bond donors (Lipinski definition) is 2. The van der Waals surface area contributed by atoms with Crippen molar-refractivity contribution in [3.63, 3.8) is 0 Å². The Balaban J connectivity index is 2.77. The van der Waals surface area contributed by atoms with E-state index in [2.05, 4.69) is 0 Å². The van der Waals surface area contributed by atoms with Crippen molar-refractivity contribution in [3.8, 4) is 6.07 Å². The number of carboxylic acids is 1. The Kier molecular flexibility index (Phi) is 1.83. The second-order valence-corrected chi connectivity index (χ2v) is 3.03. The van der Waals surface area contributed by atoms with E-state index in [1.807, 2.05) is 6.07 Å². The maximum atomic E-state index is 10.7. The van der Waals surface area contributed by atoms with Gasteiger partial charge in [-0.15, -0.1) is 0 Å². The summed E-state index contributed by atoms with van der Waals surface area (Å²) in [6.45, 7) is 0. The molecular formula is C10H6N2O3. The molecule has 0 aliphatic rings. The summed E-state index contributed by atoms with van der Waals surface area (Å²) in [7, 11) is 0. The molecule has 2 rings (SSSR count). The summed E-state index contributed by atoms with van der Waals surface area (Å²) < 4.78 is 0.596. The van der Waals surface area contributed by atoms with Crippen molar-refractivity contribution >= 4 is 16.9 Å². The monoisotopic (exact) mass is 202 g/mol. The maximum Gasteiger partial charge on any atom is 0.356 e. The van der Waals surface area contributed by atoms with Crippen molar-refractivity contribution < 1.29 is 15.1 Å². The standard InChI is InChI=1S/C10H6N2O3/c11-5-6-1-2-8-7(3-6)4-9(10(13)14)12(8)15/h1-4,15H,(H,13,14). The highest BCUT2D eigenvalue weighted by Crippen LogP contribution is 2.19. The highest BCUT2D eigenvalue weighted by atomic mass is 16.5. The molecule has 5 heteroatoms. The van der Waals surface area contributed by atoms with Crippen LogP contribution < -0.4 is 0 Å². The first-order valence-corrected chi connectivity index (χ1v) is 4.11. The van der Waals surface area contributed by atoms with E-state index in [9.17, 15) is 10.0 Å². The Morgan fingerprint density at radius 1 is 1.40 bits per heavy atom. The van der Waals surface area contributed by atoms with Gasteiger partial charge in [0.25, 0.3) is 0 Å². The molecule has 74 valence electrons. The van der Waals surface area contributed by atoms with E-state index in [0.29, 0.717) is 21.2 Å². The number of carboxylic acid groups (broad SMARTS) is 1. The minimum atomic E-state index is -1.22. The van der Waals surface area contributed by atoms with Gasteiger partial charge in [0.05, 0.1) is 17.1 Å². The number of fused-ring (bicyclic) bond motifs is 1. The summed E-state index contributed by atoms with van der Waals surface area (Å²) in [5.74, 6) is -1.22. The number of nitrogens with zero attached hydrogens (tertiary/aromatic N) is 2. The van der Waals surface area contributed by atoms with Crippen molar-refractivity contribution in [2.45, 2.75) is 0 Å². The summed E-state index contributed by atoms with van der Waals surface area (Å²) >= 11 is 0. The van der Waals surface area contributed by atoms with E-state index < -0.39 is 5.97 Å². The molecule has 15 heavy (non-hydrogen) atoms. The zero-order valence-electron chi connectivity index (χ0n) is 7.51. The van der Waals surface area contributed by atoms with Gasteiger partial charge < -0.3 is 10.3 Å². The average molecular weight is 202 g/mol. The van der Waals surface area contributed by atoms with Gasteiger partial charge in [0.15, 0.2) is 5.69 Å². The molecule has 0 aliphatic heterocycles. The molecule has 0 spiro atoms. The van der Waals surface area contributed by atoms with Crippen LogP contribution in [0.5, 0.6) is 0 Å². The Labute approximate surface area is 84.4 Å². The fourth-order valence-electron chi connectivity index (χ4n) is 1.42. The van der Waals surface area contributed by atoms with Crippen LogP contribution >= 0.6 is 0 Å². The normalized spacial score (nSPS) is 10.1. The summed E-state index contributed by atoms with van der Waals surface area (Å²) in [6.07, 6.45) is 0. The molecule has 5 nitrogen and oxygen atoms in total. The smallest absolute Gasteiger partial charge is 0.356 e. The molecule has 2 N–H and O–H groups in total. The van der Waals surface area contributed by atoms with Gasteiger partial charge in [-0.25, -0.2) is 4.79 Å². The predicted octanol–water partition coefficient (Wildman–Crippen LogP) is 1.45. The summed E-state index contributed by atoms with van der Waals surface area (Å²) in [5.41, 5.74) is 0.566. The number of aromatic carboxylic acids is 1. The van der Waals surface area contributed by atoms with Crippen LogP contribution in [-0.2, 0) is 0 Å². The van der Waals surface area contributed by atoms with E-state index in [1.165, 1.54) is 24.3 Å². The molecule has 0 radical (unpaired) electrons. The van der Waals surface area contributed by atoms with Gasteiger partial charge in [-0.05, 0) is 24.3 Å². The first-order valence-electron chi connectivity index (χ1n) is 4.11. The van der Waals surface area contributed by atoms with E-state index in [0.717, 1.165) is 0 Å². The van der Waals surface area contributed by atoms with Crippen LogP contribution in [0.2, 0.25) is 0 Å². The number of carbonyl (C=O) groups is 1. The third-order valence-electron chi connectivity index (χ3n) is 2.12. The Hall–Kier alpha value is -2.48. The lowest BCUT2D eigenvalue weighted by Crippen LogP contribution is -2.04. The Bertz CT molecular complexity index is 592. The highest BCUT2D eigenvalue weighted by Gasteiger charge is 2.13. The van der Waals surface area contributed by atoms with Crippen molar-refractivity contribution in [1.82, 2.24) is 4.73 Å². The molecule has 1 aromatic heterocycles. The topological polar surface area (TPSA) is 86.3 Å². The molecule has 0 bridgehead atoms. The first kappa shape index (κ1) is 9.09. The molecule has 0 unspecified atom stereocenters. The number of hydrogen-bond acceptors (Lipinski definition) is 3. The lowest BCUT2D eigenvalue weighted by atomic mass is 10.2. The summed E-state index contributed by atoms with van der Waals surface area (Å²) in [6, 6.07) is 7.79. The van der Waals surface area contributed by atoms with E-state index in [4.69, 9.17) is 10.4 Å². The molecule has 0 saturated carbocycles. The second-order valence-electron chi connectivity index (χ2n) is 3.03. The largest absolute Gasteiger partial charge is 0.476 e. The van der Waals surface area contributed by atoms with Gasteiger partial charge in [-0.3, -0.25) is 0 Å². The molecule has 0 amide bonds. The fourth-order valence-corrected chi connectivity index (χ4v) is 1.42. The van der Waals surface area contributed by atoms with Crippen LogP contribution in [-0.4, -0.2) is 21.0 Å². The lowest BCUT2D eigenvalue weighted by molar-refractivity contribution is 0.0649. The third kappa shape index (κ3) is 1.28. The van der Waals surface area contributed by atoms with Gasteiger partial charge in [0.2, 0.25) is 0 Å². The van der Waals surface area contributed by atoms with E-state index >= 15 is 0 Å². The predicted molar refractivity (Wildman–Crippen MR) is 50.8 cm³/mol. The fraction of sp³-hybridized carbons (Fsp3) is 0. The van der Waals surface area contributed by atoms with Crippen molar-refractivity contribution in [2.75, 3.05) is 0 Å². The molecule has 0 fully saturated rings. The minimum Gasteiger partial charge on any atom is -0.476 e. The highest BCUT2D eigenvalue weighted by molar-refractivity contribution is 5.94. The molecule has 0 atom stereocenters.